The van der Waals surface area contributed by atoms with Gasteiger partial charge in [-0.05, 0) is 51.4 Å². The van der Waals surface area contributed by atoms with Gasteiger partial charge >= 0.3 is 0 Å². The van der Waals surface area contributed by atoms with Crippen molar-refractivity contribution in [3.63, 3.8) is 0 Å². The maximum atomic E-state index is 12.4. The van der Waals surface area contributed by atoms with Gasteiger partial charge in [-0.15, -0.1) is 0 Å². The molecule has 2 aliphatic carbocycles. The largest absolute Gasteiger partial charge is 0.378 e. The van der Waals surface area contributed by atoms with Crippen LogP contribution in [0, 0.1) is 5.92 Å². The van der Waals surface area contributed by atoms with Gasteiger partial charge in [0.25, 0.3) is 0 Å². The number of rotatable bonds is 6. The summed E-state index contributed by atoms with van der Waals surface area (Å²) in [6.07, 6.45) is 11.5. The minimum Gasteiger partial charge on any atom is -0.378 e. The molecular weight excluding hydrogens is 276 g/mol. The normalized spacial score (nSPS) is 26.8. The third-order valence-electron chi connectivity index (χ3n) is 5.62. The van der Waals surface area contributed by atoms with E-state index in [1.165, 1.54) is 32.1 Å². The second-order valence-electron chi connectivity index (χ2n) is 7.53. The minimum absolute atomic E-state index is 0.00584. The molecule has 22 heavy (non-hydrogen) atoms. The third-order valence-corrected chi connectivity index (χ3v) is 5.62. The number of carbonyl (C=O) groups excluding carboxylic acids is 1. The van der Waals surface area contributed by atoms with Gasteiger partial charge in [-0.25, -0.2) is 0 Å². The molecule has 3 aliphatic rings. The number of nitrogens with zero attached hydrogens (tertiary/aromatic N) is 1. The van der Waals surface area contributed by atoms with E-state index in [0.29, 0.717) is 12.1 Å². The molecule has 1 N–H and O–H groups in total. The molecule has 126 valence electrons. The molecule has 1 atom stereocenters. The molecule has 0 aromatic rings. The van der Waals surface area contributed by atoms with Crippen LogP contribution in [0.15, 0.2) is 0 Å². The number of hydrogen-bond donors (Lipinski definition) is 1. The number of likely N-dealkylation sites (tertiary alicyclic amines) is 1. The van der Waals surface area contributed by atoms with Gasteiger partial charge in [0.05, 0.1) is 12.1 Å². The van der Waals surface area contributed by atoms with Gasteiger partial charge in [0.2, 0.25) is 5.91 Å². The number of ether oxygens (including phenoxy) is 1. The summed E-state index contributed by atoms with van der Waals surface area (Å²) in [5, 5.41) is 3.26. The van der Waals surface area contributed by atoms with Gasteiger partial charge in [-0.3, -0.25) is 9.69 Å². The Labute approximate surface area is 135 Å². The molecule has 1 amide bonds. The van der Waals surface area contributed by atoms with E-state index in [2.05, 4.69) is 17.1 Å². The standard InChI is InChI=1S/C18H32N2O2/c1-14(18(21)19-16-5-3-2-4-6-16)20-11-9-17(10-12-20)22-13-15-7-8-15/h14-17H,2-13H2,1H3,(H,19,21). The Morgan fingerprint density at radius 3 is 2.41 bits per heavy atom. The lowest BCUT2D eigenvalue weighted by molar-refractivity contribution is -0.128. The summed E-state index contributed by atoms with van der Waals surface area (Å²) in [6, 6.07) is 0.425. The maximum absolute atomic E-state index is 12.4. The lowest BCUT2D eigenvalue weighted by Gasteiger charge is -2.36. The van der Waals surface area contributed by atoms with Crippen LogP contribution in [-0.4, -0.2) is 48.7 Å². The van der Waals surface area contributed by atoms with Crippen LogP contribution in [0.1, 0.15) is 64.7 Å². The molecule has 4 nitrogen and oxygen atoms in total. The molecule has 0 aromatic carbocycles. The number of hydrogen-bond acceptors (Lipinski definition) is 3. The van der Waals surface area contributed by atoms with E-state index in [9.17, 15) is 4.79 Å². The highest BCUT2D eigenvalue weighted by atomic mass is 16.5. The quantitative estimate of drug-likeness (QED) is 0.820. The first-order chi connectivity index (χ1) is 10.7. The first-order valence-electron chi connectivity index (χ1n) is 9.38. The Kier molecular flexibility index (Phi) is 5.75. The Hall–Kier alpha value is -0.610. The first kappa shape index (κ1) is 16.3. The Balaban J connectivity index is 1.36. The van der Waals surface area contributed by atoms with Crippen molar-refractivity contribution in [1.29, 1.82) is 0 Å². The van der Waals surface area contributed by atoms with E-state index >= 15 is 0 Å². The summed E-state index contributed by atoms with van der Waals surface area (Å²) in [5.41, 5.74) is 0. The number of piperidine rings is 1. The van der Waals surface area contributed by atoms with E-state index in [1.54, 1.807) is 0 Å². The predicted molar refractivity (Wildman–Crippen MR) is 87.7 cm³/mol. The van der Waals surface area contributed by atoms with E-state index in [0.717, 1.165) is 51.3 Å². The van der Waals surface area contributed by atoms with E-state index in [-0.39, 0.29) is 11.9 Å². The van der Waals surface area contributed by atoms with E-state index in [1.807, 2.05) is 0 Å². The molecule has 4 heteroatoms. The summed E-state index contributed by atoms with van der Waals surface area (Å²) in [6.45, 7) is 5.01. The number of nitrogens with one attached hydrogen (secondary N) is 1. The summed E-state index contributed by atoms with van der Waals surface area (Å²) in [4.78, 5) is 14.8. The highest BCUT2D eigenvalue weighted by Gasteiger charge is 2.29. The van der Waals surface area contributed by atoms with Crippen LogP contribution in [-0.2, 0) is 9.53 Å². The molecule has 1 unspecified atom stereocenters. The smallest absolute Gasteiger partial charge is 0.237 e. The van der Waals surface area contributed by atoms with Crippen LogP contribution < -0.4 is 5.32 Å². The Morgan fingerprint density at radius 2 is 1.77 bits per heavy atom. The third kappa shape index (κ3) is 4.69. The van der Waals surface area contributed by atoms with Gasteiger partial charge < -0.3 is 10.1 Å². The van der Waals surface area contributed by atoms with Crippen molar-refractivity contribution in [2.75, 3.05) is 19.7 Å². The monoisotopic (exact) mass is 308 g/mol. The first-order valence-corrected chi connectivity index (χ1v) is 9.38. The van der Waals surface area contributed by atoms with Crippen LogP contribution in [0.5, 0.6) is 0 Å². The fourth-order valence-corrected chi connectivity index (χ4v) is 3.72. The van der Waals surface area contributed by atoms with Crippen molar-refractivity contribution < 1.29 is 9.53 Å². The van der Waals surface area contributed by atoms with Crippen molar-refractivity contribution in [3.05, 3.63) is 0 Å². The fraction of sp³-hybridized carbons (Fsp3) is 0.944. The zero-order valence-corrected chi connectivity index (χ0v) is 14.1. The molecule has 1 aliphatic heterocycles. The molecule has 1 heterocycles. The second kappa shape index (κ2) is 7.78. The lowest BCUT2D eigenvalue weighted by atomic mass is 9.95. The average Bonchev–Trinajstić information content (AvgIpc) is 3.38. The molecule has 0 aromatic heterocycles. The SMILES string of the molecule is CC(C(=O)NC1CCCCC1)N1CCC(OCC2CC2)CC1. The highest BCUT2D eigenvalue weighted by molar-refractivity contribution is 5.81. The molecule has 0 bridgehead atoms. The Bertz CT molecular complexity index is 356. The van der Waals surface area contributed by atoms with Crippen LogP contribution in [0.25, 0.3) is 0 Å². The molecule has 0 spiro atoms. The zero-order chi connectivity index (χ0) is 15.4. The average molecular weight is 308 g/mol. The molecule has 3 rings (SSSR count). The van der Waals surface area contributed by atoms with Crippen LogP contribution >= 0.6 is 0 Å². The zero-order valence-electron chi connectivity index (χ0n) is 14.1. The fourth-order valence-electron chi connectivity index (χ4n) is 3.72. The van der Waals surface area contributed by atoms with Gasteiger partial charge in [0.15, 0.2) is 0 Å². The number of amides is 1. The van der Waals surface area contributed by atoms with Crippen LogP contribution in [0.4, 0.5) is 0 Å². The lowest BCUT2D eigenvalue weighted by Crippen LogP contribution is -2.51. The van der Waals surface area contributed by atoms with Crippen molar-refractivity contribution in [1.82, 2.24) is 10.2 Å². The summed E-state index contributed by atoms with van der Waals surface area (Å²) in [5.74, 6) is 1.07. The van der Waals surface area contributed by atoms with Gasteiger partial charge in [0, 0.05) is 25.7 Å². The summed E-state index contributed by atoms with van der Waals surface area (Å²) in [7, 11) is 0. The van der Waals surface area contributed by atoms with E-state index in [4.69, 9.17) is 4.74 Å². The molecule has 1 saturated heterocycles. The van der Waals surface area contributed by atoms with Crippen molar-refractivity contribution in [2.24, 2.45) is 5.92 Å². The molecule has 0 radical (unpaired) electrons. The van der Waals surface area contributed by atoms with Crippen molar-refractivity contribution >= 4 is 5.91 Å². The Morgan fingerprint density at radius 1 is 1.09 bits per heavy atom. The topological polar surface area (TPSA) is 41.6 Å². The molecular formula is C18H32N2O2. The van der Waals surface area contributed by atoms with Crippen LogP contribution in [0.2, 0.25) is 0 Å². The highest BCUT2D eigenvalue weighted by Crippen LogP contribution is 2.30. The minimum atomic E-state index is 0.00584. The van der Waals surface area contributed by atoms with Gasteiger partial charge in [-0.2, -0.15) is 0 Å². The van der Waals surface area contributed by atoms with Gasteiger partial charge in [0.1, 0.15) is 0 Å². The molecule has 2 saturated carbocycles. The number of carbonyl (C=O) groups is 1. The van der Waals surface area contributed by atoms with E-state index < -0.39 is 0 Å². The second-order valence-corrected chi connectivity index (χ2v) is 7.53. The molecule has 3 fully saturated rings. The maximum Gasteiger partial charge on any atom is 0.237 e. The predicted octanol–water partition coefficient (Wildman–Crippen LogP) is 2.71. The van der Waals surface area contributed by atoms with Crippen molar-refractivity contribution in [2.45, 2.75) is 82.9 Å². The van der Waals surface area contributed by atoms with Crippen LogP contribution in [0.3, 0.4) is 0 Å². The summed E-state index contributed by atoms with van der Waals surface area (Å²) >= 11 is 0. The summed E-state index contributed by atoms with van der Waals surface area (Å²) < 4.78 is 5.99. The van der Waals surface area contributed by atoms with Gasteiger partial charge in [-0.1, -0.05) is 19.3 Å². The van der Waals surface area contributed by atoms with Crippen molar-refractivity contribution in [3.8, 4) is 0 Å².